The first-order valence-corrected chi connectivity index (χ1v) is 11.1. The van der Waals surface area contributed by atoms with Crippen LogP contribution in [0.15, 0.2) is 0 Å². The van der Waals surface area contributed by atoms with Crippen molar-refractivity contribution >= 4 is 0 Å². The quantitative estimate of drug-likeness (QED) is 0.765. The SMILES string of the molecule is CC(C)(C)C1CCN(C2CN(C3CN(C4CN(C(C)(C)C)C4)C3)C2)CC1. The second kappa shape index (κ2) is 6.72. The molecule has 4 saturated heterocycles. The lowest BCUT2D eigenvalue weighted by molar-refractivity contribution is -0.105. The van der Waals surface area contributed by atoms with Crippen molar-refractivity contribution in [2.75, 3.05) is 52.4 Å². The molecule has 26 heavy (non-hydrogen) atoms. The van der Waals surface area contributed by atoms with Gasteiger partial charge < -0.3 is 0 Å². The third kappa shape index (κ3) is 3.72. The summed E-state index contributed by atoms with van der Waals surface area (Å²) in [6.07, 6.45) is 2.81. The van der Waals surface area contributed by atoms with Gasteiger partial charge in [0.2, 0.25) is 0 Å². The number of hydrogen-bond donors (Lipinski definition) is 0. The molecule has 4 heterocycles. The molecule has 0 aliphatic carbocycles. The zero-order valence-electron chi connectivity index (χ0n) is 18.2. The van der Waals surface area contributed by atoms with Gasteiger partial charge in [0.1, 0.15) is 0 Å². The van der Waals surface area contributed by atoms with Crippen molar-refractivity contribution in [3.8, 4) is 0 Å². The summed E-state index contributed by atoms with van der Waals surface area (Å²) in [6, 6.07) is 2.53. The Kier molecular flexibility index (Phi) is 4.95. The van der Waals surface area contributed by atoms with Crippen LogP contribution in [0.5, 0.6) is 0 Å². The van der Waals surface area contributed by atoms with Crippen LogP contribution in [0.1, 0.15) is 54.4 Å². The van der Waals surface area contributed by atoms with Gasteiger partial charge in [-0.15, -0.1) is 0 Å². The molecule has 0 aromatic carbocycles. The fraction of sp³-hybridized carbons (Fsp3) is 1.00. The Labute approximate surface area is 161 Å². The Hall–Kier alpha value is -0.160. The molecule has 0 radical (unpaired) electrons. The highest BCUT2D eigenvalue weighted by Crippen LogP contribution is 2.36. The van der Waals surface area contributed by atoms with Gasteiger partial charge in [0.05, 0.1) is 0 Å². The van der Waals surface area contributed by atoms with Crippen LogP contribution in [0.2, 0.25) is 0 Å². The molecule has 0 atom stereocenters. The molecule has 150 valence electrons. The molecule has 0 aromatic rings. The normalized spacial score (nSPS) is 30.2. The molecule has 0 unspecified atom stereocenters. The number of piperidine rings is 1. The van der Waals surface area contributed by atoms with E-state index in [1.165, 1.54) is 65.2 Å². The summed E-state index contributed by atoms with van der Waals surface area (Å²) >= 11 is 0. The van der Waals surface area contributed by atoms with Crippen LogP contribution in [0.3, 0.4) is 0 Å². The Balaban J connectivity index is 1.12. The molecule has 0 aromatic heterocycles. The van der Waals surface area contributed by atoms with Gasteiger partial charge in [0, 0.05) is 62.9 Å². The maximum atomic E-state index is 2.79. The minimum absolute atomic E-state index is 0.353. The van der Waals surface area contributed by atoms with Crippen LogP contribution in [-0.2, 0) is 0 Å². The highest BCUT2D eigenvalue weighted by molar-refractivity contribution is 5.03. The average Bonchev–Trinajstić information content (AvgIpc) is 2.38. The van der Waals surface area contributed by atoms with Gasteiger partial charge in [-0.1, -0.05) is 20.8 Å². The molecular weight excluding hydrogens is 320 g/mol. The molecule has 4 fully saturated rings. The first kappa shape index (κ1) is 19.2. The van der Waals surface area contributed by atoms with Crippen molar-refractivity contribution in [2.45, 2.75) is 78.0 Å². The second-order valence-corrected chi connectivity index (χ2v) is 11.6. The summed E-state index contributed by atoms with van der Waals surface area (Å²) < 4.78 is 0. The zero-order chi connectivity index (χ0) is 18.7. The van der Waals surface area contributed by atoms with E-state index in [4.69, 9.17) is 0 Å². The molecule has 0 spiro atoms. The summed E-state index contributed by atoms with van der Waals surface area (Å²) in [5.74, 6) is 0.922. The van der Waals surface area contributed by atoms with E-state index in [0.717, 1.165) is 24.0 Å². The number of hydrogen-bond acceptors (Lipinski definition) is 4. The van der Waals surface area contributed by atoms with E-state index >= 15 is 0 Å². The molecule has 4 aliphatic rings. The lowest BCUT2D eigenvalue weighted by Crippen LogP contribution is -2.75. The molecule has 4 rings (SSSR count). The first-order valence-electron chi connectivity index (χ1n) is 11.1. The fourth-order valence-corrected chi connectivity index (χ4v) is 5.40. The monoisotopic (exact) mass is 362 g/mol. The van der Waals surface area contributed by atoms with Crippen LogP contribution < -0.4 is 0 Å². The first-order chi connectivity index (χ1) is 12.1. The van der Waals surface area contributed by atoms with E-state index in [2.05, 4.69) is 61.1 Å². The molecule has 4 aliphatic heterocycles. The van der Waals surface area contributed by atoms with Crippen LogP contribution >= 0.6 is 0 Å². The number of nitrogens with zero attached hydrogens (tertiary/aromatic N) is 4. The Morgan fingerprint density at radius 3 is 1.42 bits per heavy atom. The zero-order valence-corrected chi connectivity index (χ0v) is 18.2. The number of likely N-dealkylation sites (tertiary alicyclic amines) is 4. The molecule has 0 bridgehead atoms. The van der Waals surface area contributed by atoms with Crippen molar-refractivity contribution in [1.29, 1.82) is 0 Å². The fourth-order valence-electron chi connectivity index (χ4n) is 5.40. The van der Waals surface area contributed by atoms with Crippen LogP contribution in [0, 0.1) is 11.3 Å². The largest absolute Gasteiger partial charge is 0.298 e. The third-order valence-corrected chi connectivity index (χ3v) is 7.90. The summed E-state index contributed by atoms with van der Waals surface area (Å²) in [6.45, 7) is 24.8. The number of rotatable bonds is 3. The smallest absolute Gasteiger partial charge is 0.0352 e. The Morgan fingerprint density at radius 1 is 0.577 bits per heavy atom. The standard InChI is InChI=1S/C22H42N4/c1-21(2,3)17-7-9-23(10-8-17)18-11-24(12-18)19-13-25(14-19)20-15-26(16-20)22(4,5)6/h17-20H,7-16H2,1-6H3. The Morgan fingerprint density at radius 2 is 1.00 bits per heavy atom. The van der Waals surface area contributed by atoms with Gasteiger partial charge in [0.15, 0.2) is 0 Å². The third-order valence-electron chi connectivity index (χ3n) is 7.90. The second-order valence-electron chi connectivity index (χ2n) is 11.6. The van der Waals surface area contributed by atoms with Gasteiger partial charge in [-0.05, 0) is 58.0 Å². The van der Waals surface area contributed by atoms with Crippen LogP contribution in [0.4, 0.5) is 0 Å². The highest BCUT2D eigenvalue weighted by atomic mass is 15.4. The van der Waals surface area contributed by atoms with E-state index in [-0.39, 0.29) is 0 Å². The van der Waals surface area contributed by atoms with Gasteiger partial charge in [-0.2, -0.15) is 0 Å². The lowest BCUT2D eigenvalue weighted by atomic mass is 9.75. The molecular formula is C22H42N4. The summed E-state index contributed by atoms with van der Waals surface area (Å²) in [5, 5.41) is 0. The van der Waals surface area contributed by atoms with E-state index < -0.39 is 0 Å². The van der Waals surface area contributed by atoms with Crippen molar-refractivity contribution in [1.82, 2.24) is 19.6 Å². The maximum Gasteiger partial charge on any atom is 0.0352 e. The minimum Gasteiger partial charge on any atom is -0.298 e. The van der Waals surface area contributed by atoms with Gasteiger partial charge in [0.25, 0.3) is 0 Å². The van der Waals surface area contributed by atoms with Gasteiger partial charge in [-0.3, -0.25) is 19.6 Å². The van der Waals surface area contributed by atoms with Crippen molar-refractivity contribution in [3.63, 3.8) is 0 Å². The molecule has 0 amide bonds. The van der Waals surface area contributed by atoms with E-state index in [0.29, 0.717) is 11.0 Å². The maximum absolute atomic E-state index is 2.79. The summed E-state index contributed by atoms with van der Waals surface area (Å²) in [4.78, 5) is 10.9. The van der Waals surface area contributed by atoms with E-state index in [1.807, 2.05) is 0 Å². The lowest BCUT2D eigenvalue weighted by Gasteiger charge is -2.60. The van der Waals surface area contributed by atoms with E-state index in [9.17, 15) is 0 Å². The minimum atomic E-state index is 0.353. The predicted molar refractivity (Wildman–Crippen MR) is 110 cm³/mol. The van der Waals surface area contributed by atoms with Crippen molar-refractivity contribution in [2.24, 2.45) is 11.3 Å². The average molecular weight is 363 g/mol. The Bertz CT molecular complexity index is 479. The molecule has 0 saturated carbocycles. The van der Waals surface area contributed by atoms with Gasteiger partial charge in [-0.25, -0.2) is 0 Å². The van der Waals surface area contributed by atoms with Gasteiger partial charge >= 0.3 is 0 Å². The predicted octanol–water partition coefficient (Wildman–Crippen LogP) is 2.60. The van der Waals surface area contributed by atoms with E-state index in [1.54, 1.807) is 0 Å². The summed E-state index contributed by atoms with van der Waals surface area (Å²) in [5.41, 5.74) is 0.850. The topological polar surface area (TPSA) is 13.0 Å². The molecule has 4 heteroatoms. The summed E-state index contributed by atoms with van der Waals surface area (Å²) in [7, 11) is 0. The highest BCUT2D eigenvalue weighted by Gasteiger charge is 2.46. The molecule has 0 N–H and O–H groups in total. The van der Waals surface area contributed by atoms with Crippen LogP contribution in [0.25, 0.3) is 0 Å². The molecule has 4 nitrogen and oxygen atoms in total. The van der Waals surface area contributed by atoms with Crippen molar-refractivity contribution in [3.05, 3.63) is 0 Å². The van der Waals surface area contributed by atoms with Crippen molar-refractivity contribution < 1.29 is 0 Å². The van der Waals surface area contributed by atoms with Crippen LogP contribution in [-0.4, -0.2) is 95.6 Å².